The Morgan fingerprint density at radius 2 is 1.94 bits per heavy atom. The number of carbonyl (C=O) groups is 2. The highest BCUT2D eigenvalue weighted by atomic mass is 16.2. The maximum Gasteiger partial charge on any atom is 0.243 e. The average Bonchev–Trinajstić information content (AvgIpc) is 3.19. The Balaban J connectivity index is 1.62. The normalized spacial score (nSPS) is 35.8. The molecule has 1 aliphatic heterocycles. The quantitative estimate of drug-likeness (QED) is 0.701. The van der Waals surface area contributed by atoms with Gasteiger partial charge < -0.3 is 16.0 Å². The Hall–Kier alpha value is -1.10. The van der Waals surface area contributed by atoms with Crippen molar-refractivity contribution < 1.29 is 9.59 Å². The first kappa shape index (κ1) is 11.0. The van der Waals surface area contributed by atoms with E-state index in [1.165, 1.54) is 0 Å². The molecule has 3 aliphatic rings. The molecule has 1 heterocycles. The third kappa shape index (κ3) is 2.16. The number of amides is 2. The number of nitrogens with one attached hydrogen (secondary N) is 1. The zero-order valence-corrected chi connectivity index (χ0v) is 9.89. The zero-order chi connectivity index (χ0) is 12.0. The number of nitrogens with zero attached hydrogens (tertiary/aromatic N) is 1. The van der Waals surface area contributed by atoms with E-state index in [1.807, 2.05) is 0 Å². The van der Waals surface area contributed by atoms with Gasteiger partial charge in [-0.15, -0.1) is 0 Å². The highest BCUT2D eigenvalue weighted by Gasteiger charge is 2.46. The van der Waals surface area contributed by atoms with Gasteiger partial charge in [0.05, 0.1) is 5.92 Å². The fraction of sp³-hybridized carbons (Fsp3) is 0.833. The van der Waals surface area contributed by atoms with Crippen LogP contribution in [0.15, 0.2) is 0 Å². The van der Waals surface area contributed by atoms with E-state index in [1.54, 1.807) is 4.90 Å². The van der Waals surface area contributed by atoms with Crippen molar-refractivity contribution in [1.29, 1.82) is 0 Å². The summed E-state index contributed by atoms with van der Waals surface area (Å²) < 4.78 is 0. The lowest BCUT2D eigenvalue weighted by molar-refractivity contribution is -0.139. The van der Waals surface area contributed by atoms with Crippen LogP contribution in [-0.2, 0) is 9.59 Å². The van der Waals surface area contributed by atoms with Crippen LogP contribution in [-0.4, -0.2) is 41.4 Å². The Morgan fingerprint density at radius 3 is 2.53 bits per heavy atom. The highest BCUT2D eigenvalue weighted by molar-refractivity contribution is 5.90. The minimum Gasteiger partial charge on any atom is -0.352 e. The zero-order valence-electron chi connectivity index (χ0n) is 9.89. The van der Waals surface area contributed by atoms with E-state index in [-0.39, 0.29) is 29.8 Å². The molecule has 0 radical (unpaired) electrons. The third-order valence-electron chi connectivity index (χ3n) is 3.92. The summed E-state index contributed by atoms with van der Waals surface area (Å²) in [5.74, 6) is 0.0999. The van der Waals surface area contributed by atoms with Crippen molar-refractivity contribution in [2.75, 3.05) is 6.54 Å². The second-order valence-corrected chi connectivity index (χ2v) is 5.48. The van der Waals surface area contributed by atoms with Gasteiger partial charge in [-0.25, -0.2) is 0 Å². The minimum absolute atomic E-state index is 0.0234. The SMILES string of the molecule is NC1CC1C(=O)N1CCCC1C(=O)NC1CC1. The fourth-order valence-electron chi connectivity index (χ4n) is 2.54. The van der Waals surface area contributed by atoms with E-state index in [4.69, 9.17) is 5.73 Å². The first-order valence-corrected chi connectivity index (χ1v) is 6.53. The fourth-order valence-corrected chi connectivity index (χ4v) is 2.54. The van der Waals surface area contributed by atoms with Crippen LogP contribution >= 0.6 is 0 Å². The summed E-state index contributed by atoms with van der Waals surface area (Å²) in [6, 6.07) is 0.148. The number of rotatable bonds is 3. The van der Waals surface area contributed by atoms with Gasteiger partial charge >= 0.3 is 0 Å². The first-order valence-electron chi connectivity index (χ1n) is 6.53. The topological polar surface area (TPSA) is 75.4 Å². The van der Waals surface area contributed by atoms with Crippen molar-refractivity contribution in [3.8, 4) is 0 Å². The molecule has 3 fully saturated rings. The molecule has 0 bridgehead atoms. The van der Waals surface area contributed by atoms with E-state index in [0.717, 1.165) is 32.1 Å². The van der Waals surface area contributed by atoms with Crippen molar-refractivity contribution >= 4 is 11.8 Å². The number of carbonyl (C=O) groups excluding carboxylic acids is 2. The second-order valence-electron chi connectivity index (χ2n) is 5.48. The second kappa shape index (κ2) is 3.98. The molecule has 3 N–H and O–H groups in total. The van der Waals surface area contributed by atoms with Gasteiger partial charge in [-0.2, -0.15) is 0 Å². The van der Waals surface area contributed by atoms with E-state index in [2.05, 4.69) is 5.32 Å². The molecule has 17 heavy (non-hydrogen) atoms. The van der Waals surface area contributed by atoms with Crippen LogP contribution in [0.25, 0.3) is 0 Å². The molecule has 3 unspecified atom stereocenters. The largest absolute Gasteiger partial charge is 0.352 e. The molecule has 3 atom stereocenters. The van der Waals surface area contributed by atoms with Crippen LogP contribution in [0.5, 0.6) is 0 Å². The lowest BCUT2D eigenvalue weighted by Gasteiger charge is -2.24. The molecule has 2 saturated carbocycles. The Morgan fingerprint density at radius 1 is 1.24 bits per heavy atom. The van der Waals surface area contributed by atoms with Crippen molar-refractivity contribution in [3.05, 3.63) is 0 Å². The van der Waals surface area contributed by atoms with Gasteiger partial charge in [-0.3, -0.25) is 9.59 Å². The summed E-state index contributed by atoms with van der Waals surface area (Å²) in [7, 11) is 0. The van der Waals surface area contributed by atoms with Gasteiger partial charge in [0.1, 0.15) is 6.04 Å². The Bertz CT molecular complexity index is 354. The van der Waals surface area contributed by atoms with E-state index >= 15 is 0 Å². The summed E-state index contributed by atoms with van der Waals surface area (Å²) in [4.78, 5) is 25.8. The van der Waals surface area contributed by atoms with Gasteiger partial charge in [0, 0.05) is 18.6 Å². The van der Waals surface area contributed by atoms with Gasteiger partial charge in [-0.05, 0) is 32.1 Å². The van der Waals surface area contributed by atoms with Crippen molar-refractivity contribution in [2.24, 2.45) is 11.7 Å². The summed E-state index contributed by atoms with van der Waals surface area (Å²) in [5.41, 5.74) is 5.70. The number of likely N-dealkylation sites (tertiary alicyclic amines) is 1. The molecule has 0 spiro atoms. The van der Waals surface area contributed by atoms with Gasteiger partial charge in [0.15, 0.2) is 0 Å². The Kier molecular flexibility index (Phi) is 2.58. The maximum atomic E-state index is 12.1. The summed E-state index contributed by atoms with van der Waals surface area (Å²) >= 11 is 0. The summed E-state index contributed by atoms with van der Waals surface area (Å²) in [6.07, 6.45) is 4.68. The van der Waals surface area contributed by atoms with Gasteiger partial charge in [0.25, 0.3) is 0 Å². The van der Waals surface area contributed by atoms with Crippen LogP contribution in [0.1, 0.15) is 32.1 Å². The van der Waals surface area contributed by atoms with Crippen LogP contribution in [0.3, 0.4) is 0 Å². The molecule has 2 aliphatic carbocycles. The molecule has 5 heteroatoms. The van der Waals surface area contributed by atoms with Crippen molar-refractivity contribution in [1.82, 2.24) is 10.2 Å². The Labute approximate surface area is 101 Å². The van der Waals surface area contributed by atoms with Crippen LogP contribution in [0, 0.1) is 5.92 Å². The highest BCUT2D eigenvalue weighted by Crippen LogP contribution is 2.33. The molecular weight excluding hydrogens is 218 g/mol. The lowest BCUT2D eigenvalue weighted by atomic mass is 10.2. The third-order valence-corrected chi connectivity index (χ3v) is 3.92. The standard InChI is InChI=1S/C12H19N3O2/c13-9-6-8(9)12(17)15-5-1-2-10(15)11(16)14-7-3-4-7/h7-10H,1-6,13H2,(H,14,16). The van der Waals surface area contributed by atoms with Crippen molar-refractivity contribution in [3.63, 3.8) is 0 Å². The average molecular weight is 237 g/mol. The summed E-state index contributed by atoms with van der Waals surface area (Å²) in [5, 5.41) is 2.99. The number of nitrogens with two attached hydrogens (primary N) is 1. The van der Waals surface area contributed by atoms with Crippen LogP contribution < -0.4 is 11.1 Å². The van der Waals surface area contributed by atoms with E-state index in [0.29, 0.717) is 12.6 Å². The number of hydrogen-bond acceptors (Lipinski definition) is 3. The molecule has 0 aromatic heterocycles. The maximum absolute atomic E-state index is 12.1. The smallest absolute Gasteiger partial charge is 0.243 e. The lowest BCUT2D eigenvalue weighted by Crippen LogP contribution is -2.47. The molecule has 0 aromatic rings. The van der Waals surface area contributed by atoms with E-state index in [9.17, 15) is 9.59 Å². The summed E-state index contributed by atoms with van der Waals surface area (Å²) in [6.45, 7) is 0.713. The molecule has 1 saturated heterocycles. The molecule has 2 amide bonds. The molecule has 94 valence electrons. The predicted molar refractivity (Wildman–Crippen MR) is 62.0 cm³/mol. The predicted octanol–water partition coefficient (Wildman–Crippen LogP) is -0.397. The minimum atomic E-state index is -0.240. The van der Waals surface area contributed by atoms with E-state index < -0.39 is 0 Å². The van der Waals surface area contributed by atoms with Gasteiger partial charge in [-0.1, -0.05) is 0 Å². The molecule has 3 rings (SSSR count). The van der Waals surface area contributed by atoms with Gasteiger partial charge in [0.2, 0.25) is 11.8 Å². The van der Waals surface area contributed by atoms with Crippen molar-refractivity contribution in [2.45, 2.75) is 50.2 Å². The van der Waals surface area contributed by atoms with Crippen LogP contribution in [0.4, 0.5) is 0 Å². The molecule has 5 nitrogen and oxygen atoms in total. The number of hydrogen-bond donors (Lipinski definition) is 2. The first-order chi connectivity index (χ1) is 8.16. The monoisotopic (exact) mass is 237 g/mol. The molecular formula is C12H19N3O2. The van der Waals surface area contributed by atoms with Crippen LogP contribution in [0.2, 0.25) is 0 Å². The molecule has 0 aromatic carbocycles.